The van der Waals surface area contributed by atoms with E-state index in [2.05, 4.69) is 29.4 Å². The minimum absolute atomic E-state index is 0.594. The molecule has 0 radical (unpaired) electrons. The van der Waals surface area contributed by atoms with Gasteiger partial charge in [-0.3, -0.25) is 4.98 Å². The van der Waals surface area contributed by atoms with Gasteiger partial charge in [-0.2, -0.15) is 0 Å². The molecule has 0 aromatic carbocycles. The SMILES string of the molecule is CC(c1ccccn1)C1CCNC1. The molecule has 0 amide bonds. The zero-order valence-corrected chi connectivity index (χ0v) is 8.03. The van der Waals surface area contributed by atoms with Crippen LogP contribution in [0.25, 0.3) is 0 Å². The minimum Gasteiger partial charge on any atom is -0.316 e. The van der Waals surface area contributed by atoms with Gasteiger partial charge in [0.05, 0.1) is 0 Å². The summed E-state index contributed by atoms with van der Waals surface area (Å²) in [6, 6.07) is 6.17. The van der Waals surface area contributed by atoms with Gasteiger partial charge in [-0.15, -0.1) is 0 Å². The second-order valence-corrected chi connectivity index (χ2v) is 3.80. The van der Waals surface area contributed by atoms with Crippen LogP contribution in [0.5, 0.6) is 0 Å². The van der Waals surface area contributed by atoms with Crippen LogP contribution in [0.2, 0.25) is 0 Å². The van der Waals surface area contributed by atoms with E-state index >= 15 is 0 Å². The van der Waals surface area contributed by atoms with E-state index in [1.54, 1.807) is 0 Å². The van der Waals surface area contributed by atoms with E-state index in [1.807, 2.05) is 12.3 Å². The molecule has 0 aliphatic carbocycles. The molecular formula is C11H16N2. The number of hydrogen-bond acceptors (Lipinski definition) is 2. The first-order valence-electron chi connectivity index (χ1n) is 4.99. The summed E-state index contributed by atoms with van der Waals surface area (Å²) in [4.78, 5) is 4.40. The van der Waals surface area contributed by atoms with Crippen molar-refractivity contribution in [1.82, 2.24) is 10.3 Å². The first-order chi connectivity index (χ1) is 6.38. The number of pyridine rings is 1. The second kappa shape index (κ2) is 3.88. The van der Waals surface area contributed by atoms with Gasteiger partial charge in [0, 0.05) is 17.8 Å². The van der Waals surface area contributed by atoms with Crippen LogP contribution in [0.4, 0.5) is 0 Å². The third-order valence-electron chi connectivity index (χ3n) is 2.96. The van der Waals surface area contributed by atoms with Gasteiger partial charge in [-0.05, 0) is 37.6 Å². The topological polar surface area (TPSA) is 24.9 Å². The summed E-state index contributed by atoms with van der Waals surface area (Å²) < 4.78 is 0. The smallest absolute Gasteiger partial charge is 0.0435 e. The Morgan fingerprint density at radius 2 is 2.46 bits per heavy atom. The molecule has 0 bridgehead atoms. The number of aromatic nitrogens is 1. The molecule has 70 valence electrons. The van der Waals surface area contributed by atoms with E-state index in [4.69, 9.17) is 0 Å². The molecule has 2 heteroatoms. The molecular weight excluding hydrogens is 160 g/mol. The van der Waals surface area contributed by atoms with Crippen LogP contribution in [0.3, 0.4) is 0 Å². The minimum atomic E-state index is 0.594. The maximum Gasteiger partial charge on any atom is 0.0435 e. The molecule has 1 saturated heterocycles. The highest BCUT2D eigenvalue weighted by molar-refractivity contribution is 5.10. The molecule has 0 saturated carbocycles. The molecule has 2 nitrogen and oxygen atoms in total. The Hall–Kier alpha value is -0.890. The lowest BCUT2D eigenvalue weighted by atomic mass is 9.90. The Bertz CT molecular complexity index is 252. The van der Waals surface area contributed by atoms with Gasteiger partial charge in [0.1, 0.15) is 0 Å². The van der Waals surface area contributed by atoms with Gasteiger partial charge < -0.3 is 5.32 Å². The van der Waals surface area contributed by atoms with Gasteiger partial charge in [0.25, 0.3) is 0 Å². The Kier molecular flexibility index (Phi) is 2.60. The van der Waals surface area contributed by atoms with E-state index in [9.17, 15) is 0 Å². The summed E-state index contributed by atoms with van der Waals surface area (Å²) in [6.45, 7) is 4.60. The van der Waals surface area contributed by atoms with Crippen molar-refractivity contribution in [3.8, 4) is 0 Å². The summed E-state index contributed by atoms with van der Waals surface area (Å²) in [7, 11) is 0. The molecule has 13 heavy (non-hydrogen) atoms. The Morgan fingerprint density at radius 1 is 1.54 bits per heavy atom. The molecule has 1 N–H and O–H groups in total. The summed E-state index contributed by atoms with van der Waals surface area (Å²) in [5.74, 6) is 1.37. The highest BCUT2D eigenvalue weighted by Crippen LogP contribution is 2.26. The van der Waals surface area contributed by atoms with Crippen molar-refractivity contribution in [2.45, 2.75) is 19.3 Å². The normalized spacial score (nSPS) is 24.5. The fourth-order valence-corrected chi connectivity index (χ4v) is 1.99. The largest absolute Gasteiger partial charge is 0.316 e. The first-order valence-corrected chi connectivity index (χ1v) is 4.99. The maximum atomic E-state index is 4.40. The van der Waals surface area contributed by atoms with Crippen molar-refractivity contribution >= 4 is 0 Å². The lowest BCUT2D eigenvalue weighted by molar-refractivity contribution is 0.478. The summed E-state index contributed by atoms with van der Waals surface area (Å²) in [5, 5.41) is 3.40. The van der Waals surface area contributed by atoms with E-state index in [0.29, 0.717) is 5.92 Å². The van der Waals surface area contributed by atoms with E-state index in [1.165, 1.54) is 18.7 Å². The maximum absolute atomic E-state index is 4.40. The standard InChI is InChI=1S/C11H16N2/c1-9(10-5-7-12-8-10)11-4-2-3-6-13-11/h2-4,6,9-10,12H,5,7-8H2,1H3. The van der Waals surface area contributed by atoms with Crippen LogP contribution in [0, 0.1) is 5.92 Å². The van der Waals surface area contributed by atoms with Crippen molar-refractivity contribution in [1.29, 1.82) is 0 Å². The van der Waals surface area contributed by atoms with Crippen LogP contribution in [-0.4, -0.2) is 18.1 Å². The molecule has 2 unspecified atom stereocenters. The number of nitrogens with one attached hydrogen (secondary N) is 1. The molecule has 1 aliphatic rings. The van der Waals surface area contributed by atoms with Gasteiger partial charge in [-0.1, -0.05) is 13.0 Å². The van der Waals surface area contributed by atoms with Crippen molar-refractivity contribution in [3.63, 3.8) is 0 Å². The Labute approximate surface area is 79.4 Å². The number of rotatable bonds is 2. The molecule has 0 spiro atoms. The molecule has 2 rings (SSSR count). The van der Waals surface area contributed by atoms with Gasteiger partial charge in [0.15, 0.2) is 0 Å². The highest BCUT2D eigenvalue weighted by Gasteiger charge is 2.22. The third kappa shape index (κ3) is 1.89. The fraction of sp³-hybridized carbons (Fsp3) is 0.545. The lowest BCUT2D eigenvalue weighted by Crippen LogP contribution is -2.14. The quantitative estimate of drug-likeness (QED) is 0.743. The van der Waals surface area contributed by atoms with Crippen molar-refractivity contribution in [2.75, 3.05) is 13.1 Å². The Balaban J connectivity index is 2.08. The molecule has 1 aromatic rings. The van der Waals surface area contributed by atoms with Crippen LogP contribution in [0.1, 0.15) is 25.0 Å². The predicted molar refractivity (Wildman–Crippen MR) is 53.6 cm³/mol. The van der Waals surface area contributed by atoms with Gasteiger partial charge in [-0.25, -0.2) is 0 Å². The zero-order valence-electron chi connectivity index (χ0n) is 8.03. The molecule has 1 aliphatic heterocycles. The predicted octanol–water partition coefficient (Wildman–Crippen LogP) is 1.79. The summed E-state index contributed by atoms with van der Waals surface area (Å²) in [5.41, 5.74) is 1.23. The first kappa shape index (κ1) is 8.70. The average molecular weight is 176 g/mol. The lowest BCUT2D eigenvalue weighted by Gasteiger charge is -2.16. The highest BCUT2D eigenvalue weighted by atomic mass is 14.9. The molecule has 1 fully saturated rings. The fourth-order valence-electron chi connectivity index (χ4n) is 1.99. The number of hydrogen-bond donors (Lipinski definition) is 1. The summed E-state index contributed by atoms with van der Waals surface area (Å²) >= 11 is 0. The van der Waals surface area contributed by atoms with Crippen LogP contribution in [0.15, 0.2) is 24.4 Å². The van der Waals surface area contributed by atoms with Gasteiger partial charge in [0.2, 0.25) is 0 Å². The third-order valence-corrected chi connectivity index (χ3v) is 2.96. The monoisotopic (exact) mass is 176 g/mol. The average Bonchev–Trinajstić information content (AvgIpc) is 2.71. The van der Waals surface area contributed by atoms with Crippen LogP contribution in [-0.2, 0) is 0 Å². The van der Waals surface area contributed by atoms with E-state index in [0.717, 1.165) is 12.5 Å². The molecule has 2 heterocycles. The van der Waals surface area contributed by atoms with Crippen molar-refractivity contribution in [2.24, 2.45) is 5.92 Å². The zero-order chi connectivity index (χ0) is 9.10. The van der Waals surface area contributed by atoms with Crippen LogP contribution >= 0.6 is 0 Å². The van der Waals surface area contributed by atoms with Crippen LogP contribution < -0.4 is 5.32 Å². The van der Waals surface area contributed by atoms with Gasteiger partial charge >= 0.3 is 0 Å². The second-order valence-electron chi connectivity index (χ2n) is 3.80. The van der Waals surface area contributed by atoms with E-state index in [-0.39, 0.29) is 0 Å². The summed E-state index contributed by atoms with van der Waals surface area (Å²) in [6.07, 6.45) is 3.17. The van der Waals surface area contributed by atoms with Crippen molar-refractivity contribution in [3.05, 3.63) is 30.1 Å². The van der Waals surface area contributed by atoms with Crippen molar-refractivity contribution < 1.29 is 0 Å². The number of nitrogens with zero attached hydrogens (tertiary/aromatic N) is 1. The van der Waals surface area contributed by atoms with E-state index < -0.39 is 0 Å². The molecule has 2 atom stereocenters. The molecule has 1 aromatic heterocycles. The Morgan fingerprint density at radius 3 is 3.08 bits per heavy atom.